The van der Waals surface area contributed by atoms with Crippen LogP contribution in [-0.4, -0.2) is 22.0 Å². The highest BCUT2D eigenvalue weighted by Gasteiger charge is 2.35. The van der Waals surface area contributed by atoms with Gasteiger partial charge in [-0.05, 0) is 36.4 Å². The third kappa shape index (κ3) is 3.35. The monoisotopic (exact) mass is 419 g/mol. The molecular formula is C24H19ClFN3O. The Morgan fingerprint density at radius 2 is 1.83 bits per heavy atom. The van der Waals surface area contributed by atoms with Gasteiger partial charge in [0.05, 0.1) is 17.6 Å². The average molecular weight is 420 g/mol. The molecule has 1 fully saturated rings. The number of halogens is 2. The summed E-state index contributed by atoms with van der Waals surface area (Å²) in [4.78, 5) is 19.4. The molecule has 0 radical (unpaired) electrons. The largest absolute Gasteiger partial charge is 0.323 e. The summed E-state index contributed by atoms with van der Waals surface area (Å²) in [7, 11) is 0. The highest BCUT2D eigenvalue weighted by Crippen LogP contribution is 2.34. The number of fused-ring (bicyclic) bond motifs is 1. The average Bonchev–Trinajstić information content (AvgIpc) is 3.30. The van der Waals surface area contributed by atoms with E-state index >= 15 is 0 Å². The zero-order valence-electron chi connectivity index (χ0n) is 16.1. The Morgan fingerprint density at radius 1 is 1.03 bits per heavy atom. The molecule has 0 N–H and O–H groups in total. The Balaban J connectivity index is 1.54. The number of hydrogen-bond acceptors (Lipinski definition) is 2. The lowest BCUT2D eigenvalue weighted by Gasteiger charge is -2.18. The van der Waals surface area contributed by atoms with Crippen molar-refractivity contribution in [3.8, 4) is 0 Å². The lowest BCUT2D eigenvalue weighted by atomic mass is 10.1. The van der Waals surface area contributed by atoms with Gasteiger partial charge in [0.15, 0.2) is 0 Å². The van der Waals surface area contributed by atoms with Gasteiger partial charge >= 0.3 is 0 Å². The minimum Gasteiger partial charge on any atom is -0.323 e. The predicted octanol–water partition coefficient (Wildman–Crippen LogP) is 5.40. The van der Waals surface area contributed by atoms with E-state index in [1.165, 1.54) is 6.07 Å². The maximum Gasteiger partial charge on any atom is 0.227 e. The van der Waals surface area contributed by atoms with Crippen LogP contribution < -0.4 is 4.90 Å². The highest BCUT2D eigenvalue weighted by molar-refractivity contribution is 6.30. The van der Waals surface area contributed by atoms with E-state index in [1.54, 1.807) is 29.2 Å². The van der Waals surface area contributed by atoms with Crippen molar-refractivity contribution in [3.05, 3.63) is 95.0 Å². The number of aromatic nitrogens is 2. The molecule has 0 bridgehead atoms. The summed E-state index contributed by atoms with van der Waals surface area (Å²) in [5.41, 5.74) is 3.16. The van der Waals surface area contributed by atoms with Crippen molar-refractivity contribution in [2.24, 2.45) is 0 Å². The fraction of sp³-hybridized carbons (Fsp3) is 0.167. The van der Waals surface area contributed by atoms with Gasteiger partial charge in [0.2, 0.25) is 5.91 Å². The maximum absolute atomic E-state index is 14.4. The van der Waals surface area contributed by atoms with Crippen molar-refractivity contribution < 1.29 is 9.18 Å². The van der Waals surface area contributed by atoms with Crippen molar-refractivity contribution in [2.45, 2.75) is 18.9 Å². The van der Waals surface area contributed by atoms with Crippen LogP contribution in [0.15, 0.2) is 72.8 Å². The first-order valence-electron chi connectivity index (χ1n) is 9.84. The molecule has 0 spiro atoms. The zero-order valence-corrected chi connectivity index (χ0v) is 16.9. The molecular weight excluding hydrogens is 401 g/mol. The molecule has 1 amide bonds. The highest BCUT2D eigenvalue weighted by atomic mass is 35.5. The summed E-state index contributed by atoms with van der Waals surface area (Å²) in [5.74, 6) is 0.504. The topological polar surface area (TPSA) is 38.1 Å². The minimum absolute atomic E-state index is 0.0340. The van der Waals surface area contributed by atoms with E-state index in [1.807, 2.05) is 47.0 Å². The Kier molecular flexibility index (Phi) is 4.75. The molecule has 30 heavy (non-hydrogen) atoms. The first-order valence-corrected chi connectivity index (χ1v) is 10.2. The third-order valence-electron chi connectivity index (χ3n) is 5.58. The smallest absolute Gasteiger partial charge is 0.227 e. The second-order valence-corrected chi connectivity index (χ2v) is 7.96. The molecule has 5 rings (SSSR count). The van der Waals surface area contributed by atoms with Crippen molar-refractivity contribution in [1.29, 1.82) is 0 Å². The number of carbonyl (C=O) groups excluding carboxylic acids is 1. The van der Waals surface area contributed by atoms with E-state index in [-0.39, 0.29) is 17.6 Å². The van der Waals surface area contributed by atoms with E-state index in [9.17, 15) is 9.18 Å². The van der Waals surface area contributed by atoms with Crippen LogP contribution in [0.3, 0.4) is 0 Å². The van der Waals surface area contributed by atoms with E-state index in [0.29, 0.717) is 30.1 Å². The van der Waals surface area contributed by atoms with Crippen LogP contribution in [0.2, 0.25) is 5.02 Å². The van der Waals surface area contributed by atoms with Gasteiger partial charge in [0.1, 0.15) is 11.6 Å². The number of benzene rings is 3. The summed E-state index contributed by atoms with van der Waals surface area (Å²) in [5, 5.41) is 0.593. The standard InChI is InChI=1S/C24H19ClFN3O/c25-18-7-5-8-19(13-18)28-15-17(12-23(28)30)24-27-21-10-3-4-11-22(21)29(24)14-16-6-1-2-9-20(16)26/h1-11,13,17H,12,14-15H2/t17-/m1/s1. The van der Waals surface area contributed by atoms with Crippen molar-refractivity contribution in [2.75, 3.05) is 11.4 Å². The Morgan fingerprint density at radius 3 is 2.67 bits per heavy atom. The van der Waals surface area contributed by atoms with Crippen LogP contribution in [0.5, 0.6) is 0 Å². The van der Waals surface area contributed by atoms with Crippen molar-refractivity contribution >= 4 is 34.2 Å². The Labute approximate surface area is 178 Å². The molecule has 150 valence electrons. The second-order valence-electron chi connectivity index (χ2n) is 7.52. The molecule has 3 aromatic carbocycles. The molecule has 1 saturated heterocycles. The van der Waals surface area contributed by atoms with Crippen molar-refractivity contribution in [1.82, 2.24) is 9.55 Å². The molecule has 0 aliphatic carbocycles. The molecule has 4 aromatic rings. The molecule has 0 unspecified atom stereocenters. The summed E-state index contributed by atoms with van der Waals surface area (Å²) >= 11 is 6.12. The number of anilines is 1. The zero-order chi connectivity index (χ0) is 20.7. The van der Waals surface area contributed by atoms with Gasteiger partial charge in [-0.3, -0.25) is 4.79 Å². The van der Waals surface area contributed by atoms with Gasteiger partial charge in [-0.15, -0.1) is 0 Å². The van der Waals surface area contributed by atoms with Crippen LogP contribution >= 0.6 is 11.6 Å². The van der Waals surface area contributed by atoms with E-state index < -0.39 is 0 Å². The summed E-state index contributed by atoms with van der Waals surface area (Å²) in [6.45, 7) is 0.879. The molecule has 6 heteroatoms. The number of carbonyl (C=O) groups is 1. The van der Waals surface area contributed by atoms with Gasteiger partial charge in [-0.25, -0.2) is 9.37 Å². The van der Waals surface area contributed by atoms with E-state index in [2.05, 4.69) is 0 Å². The predicted molar refractivity (Wildman–Crippen MR) is 116 cm³/mol. The molecule has 1 aromatic heterocycles. The van der Waals surface area contributed by atoms with Gasteiger partial charge in [-0.1, -0.05) is 48.0 Å². The summed E-state index contributed by atoms with van der Waals surface area (Å²) in [6, 6.07) is 21.9. The maximum atomic E-state index is 14.4. The fourth-order valence-electron chi connectivity index (χ4n) is 4.14. The molecule has 1 aliphatic rings. The first kappa shape index (κ1) is 18.8. The van der Waals surface area contributed by atoms with E-state index in [0.717, 1.165) is 22.5 Å². The van der Waals surface area contributed by atoms with Crippen molar-refractivity contribution in [3.63, 3.8) is 0 Å². The van der Waals surface area contributed by atoms with Crippen LogP contribution in [0, 0.1) is 5.82 Å². The van der Waals surface area contributed by atoms with Gasteiger partial charge in [0.25, 0.3) is 0 Å². The van der Waals surface area contributed by atoms with Gasteiger partial charge in [-0.2, -0.15) is 0 Å². The lowest BCUT2D eigenvalue weighted by molar-refractivity contribution is -0.117. The van der Waals surface area contributed by atoms with Crippen LogP contribution in [0.4, 0.5) is 10.1 Å². The number of amides is 1. The number of hydrogen-bond donors (Lipinski definition) is 0. The van der Waals surface area contributed by atoms with Crippen LogP contribution in [0.25, 0.3) is 11.0 Å². The molecule has 1 aliphatic heterocycles. The fourth-order valence-corrected chi connectivity index (χ4v) is 4.33. The summed E-state index contributed by atoms with van der Waals surface area (Å²) < 4.78 is 16.4. The normalized spacial score (nSPS) is 16.5. The molecule has 4 nitrogen and oxygen atoms in total. The van der Waals surface area contributed by atoms with E-state index in [4.69, 9.17) is 16.6 Å². The Hall–Kier alpha value is -3.18. The Bertz CT molecular complexity index is 1250. The molecule has 2 heterocycles. The SMILES string of the molecule is O=C1C[C@@H](c2nc3ccccc3n2Cc2ccccc2F)CN1c1cccc(Cl)c1. The van der Waals surface area contributed by atoms with Gasteiger partial charge in [0, 0.05) is 35.2 Å². The summed E-state index contributed by atoms with van der Waals surface area (Å²) in [6.07, 6.45) is 0.354. The second kappa shape index (κ2) is 7.58. The lowest BCUT2D eigenvalue weighted by Crippen LogP contribution is -2.24. The number of imidazole rings is 1. The quantitative estimate of drug-likeness (QED) is 0.444. The molecule has 1 atom stereocenters. The van der Waals surface area contributed by atoms with Crippen LogP contribution in [0.1, 0.15) is 23.7 Å². The minimum atomic E-state index is -0.246. The molecule has 0 saturated carbocycles. The van der Waals surface area contributed by atoms with Crippen LogP contribution in [-0.2, 0) is 11.3 Å². The number of rotatable bonds is 4. The number of nitrogens with zero attached hydrogens (tertiary/aromatic N) is 3. The first-order chi connectivity index (χ1) is 14.6. The van der Waals surface area contributed by atoms with Gasteiger partial charge < -0.3 is 9.47 Å². The number of para-hydroxylation sites is 2. The third-order valence-corrected chi connectivity index (χ3v) is 5.82.